The van der Waals surface area contributed by atoms with Crippen LogP contribution >= 0.6 is 11.6 Å². The first kappa shape index (κ1) is 18.2. The number of halogens is 1. The van der Waals surface area contributed by atoms with Crippen LogP contribution in [-0.4, -0.2) is 58.4 Å². The molecular weight excluding hydrogens is 380 g/mol. The van der Waals surface area contributed by atoms with Crippen LogP contribution in [-0.2, 0) is 0 Å². The lowest BCUT2D eigenvalue weighted by atomic mass is 10.3. The summed E-state index contributed by atoms with van der Waals surface area (Å²) in [6, 6.07) is 7.12. The molecule has 0 aliphatic carbocycles. The van der Waals surface area contributed by atoms with E-state index in [0.29, 0.717) is 22.4 Å². The Morgan fingerprint density at radius 3 is 2.57 bits per heavy atom. The number of piperazine rings is 1. The van der Waals surface area contributed by atoms with Crippen LogP contribution in [0.25, 0.3) is 0 Å². The molecule has 0 atom stereocenters. The second-order valence-electron chi connectivity index (χ2n) is 6.13. The highest BCUT2D eigenvalue weighted by Gasteiger charge is 2.20. The van der Waals surface area contributed by atoms with Crippen molar-refractivity contribution in [2.45, 2.75) is 0 Å². The standard InChI is InChI=1S/C18H19ClN8O/c1-28-15-4-3-13(19)11-14(15)23-17-24-16(12-22-25-17)26-7-9-27(10-8-26)18-20-5-2-6-21-18/h2-6,11-12H,7-10H2,1H3,(H,23,24,25). The first-order chi connectivity index (χ1) is 13.7. The molecule has 2 aromatic heterocycles. The van der Waals surface area contributed by atoms with Crippen LogP contribution in [0, 0.1) is 0 Å². The number of nitrogens with zero attached hydrogens (tertiary/aromatic N) is 7. The Balaban J connectivity index is 1.45. The van der Waals surface area contributed by atoms with E-state index >= 15 is 0 Å². The van der Waals surface area contributed by atoms with Gasteiger partial charge < -0.3 is 19.9 Å². The Bertz CT molecular complexity index is 934. The molecule has 0 bridgehead atoms. The van der Waals surface area contributed by atoms with E-state index in [0.717, 1.165) is 37.9 Å². The predicted octanol–water partition coefficient (Wildman–Crippen LogP) is 2.39. The van der Waals surface area contributed by atoms with E-state index < -0.39 is 0 Å². The largest absolute Gasteiger partial charge is 0.495 e. The summed E-state index contributed by atoms with van der Waals surface area (Å²) in [7, 11) is 1.60. The third kappa shape index (κ3) is 4.04. The van der Waals surface area contributed by atoms with Crippen LogP contribution in [0.4, 0.5) is 23.4 Å². The Morgan fingerprint density at radius 2 is 1.82 bits per heavy atom. The number of benzene rings is 1. The fourth-order valence-corrected chi connectivity index (χ4v) is 3.16. The molecule has 1 saturated heterocycles. The van der Waals surface area contributed by atoms with Gasteiger partial charge in [-0.3, -0.25) is 0 Å². The molecule has 1 aliphatic heterocycles. The highest BCUT2D eigenvalue weighted by atomic mass is 35.5. The molecule has 3 aromatic rings. The summed E-state index contributed by atoms with van der Waals surface area (Å²) in [5.41, 5.74) is 0.681. The van der Waals surface area contributed by atoms with E-state index in [9.17, 15) is 0 Å². The van der Waals surface area contributed by atoms with Gasteiger partial charge in [0.05, 0.1) is 19.0 Å². The molecule has 0 radical (unpaired) electrons. The zero-order valence-electron chi connectivity index (χ0n) is 15.3. The van der Waals surface area contributed by atoms with Crippen LogP contribution in [0.3, 0.4) is 0 Å². The summed E-state index contributed by atoms with van der Waals surface area (Å²) in [6.45, 7) is 3.19. The molecule has 0 saturated carbocycles. The van der Waals surface area contributed by atoms with Gasteiger partial charge in [0.25, 0.3) is 0 Å². The van der Waals surface area contributed by atoms with Gasteiger partial charge in [0, 0.05) is 43.6 Å². The molecular formula is C18H19ClN8O. The van der Waals surface area contributed by atoms with Crippen LogP contribution in [0.1, 0.15) is 0 Å². The number of nitrogens with one attached hydrogen (secondary N) is 1. The van der Waals surface area contributed by atoms with Gasteiger partial charge in [0.1, 0.15) is 5.75 Å². The summed E-state index contributed by atoms with van der Waals surface area (Å²) in [4.78, 5) is 17.5. The van der Waals surface area contributed by atoms with E-state index in [4.69, 9.17) is 16.3 Å². The van der Waals surface area contributed by atoms with Crippen LogP contribution in [0.15, 0.2) is 42.9 Å². The minimum atomic E-state index is 0.381. The number of hydrogen-bond donors (Lipinski definition) is 1. The van der Waals surface area contributed by atoms with Crippen molar-refractivity contribution < 1.29 is 4.74 Å². The molecule has 4 rings (SSSR count). The second-order valence-corrected chi connectivity index (χ2v) is 6.57. The van der Waals surface area contributed by atoms with E-state index in [2.05, 4.69) is 40.3 Å². The third-order valence-corrected chi connectivity index (χ3v) is 4.63. The second kappa shape index (κ2) is 8.22. The molecule has 1 N–H and O–H groups in total. The molecule has 1 fully saturated rings. The van der Waals surface area contributed by atoms with Crippen molar-refractivity contribution in [3.8, 4) is 5.75 Å². The van der Waals surface area contributed by atoms with Gasteiger partial charge in [-0.25, -0.2) is 9.97 Å². The zero-order valence-corrected chi connectivity index (χ0v) is 16.0. The number of ether oxygens (including phenoxy) is 1. The van der Waals surface area contributed by atoms with Gasteiger partial charge in [-0.1, -0.05) is 11.6 Å². The van der Waals surface area contributed by atoms with Crippen molar-refractivity contribution in [3.63, 3.8) is 0 Å². The molecule has 0 amide bonds. The lowest BCUT2D eigenvalue weighted by molar-refractivity contribution is 0.417. The maximum absolute atomic E-state index is 6.08. The topological polar surface area (TPSA) is 92.2 Å². The fraction of sp³-hybridized carbons (Fsp3) is 0.278. The van der Waals surface area contributed by atoms with Gasteiger partial charge in [0.15, 0.2) is 5.82 Å². The normalized spacial score (nSPS) is 14.1. The number of hydrogen-bond acceptors (Lipinski definition) is 9. The summed E-state index contributed by atoms with van der Waals surface area (Å²) in [5, 5.41) is 11.9. The first-order valence-corrected chi connectivity index (χ1v) is 9.18. The Labute approximate surface area is 167 Å². The maximum atomic E-state index is 6.08. The Hall–Kier alpha value is -3.20. The highest BCUT2D eigenvalue weighted by molar-refractivity contribution is 6.31. The van der Waals surface area contributed by atoms with E-state index in [1.807, 2.05) is 6.07 Å². The molecule has 0 unspecified atom stereocenters. The Morgan fingerprint density at radius 1 is 1.07 bits per heavy atom. The monoisotopic (exact) mass is 398 g/mol. The van der Waals surface area contributed by atoms with Gasteiger partial charge in [0.2, 0.25) is 11.9 Å². The lowest BCUT2D eigenvalue weighted by Crippen LogP contribution is -2.47. The first-order valence-electron chi connectivity index (χ1n) is 8.80. The average molecular weight is 399 g/mol. The van der Waals surface area contributed by atoms with Crippen molar-refractivity contribution in [2.24, 2.45) is 0 Å². The van der Waals surface area contributed by atoms with Gasteiger partial charge in [-0.05, 0) is 24.3 Å². The summed E-state index contributed by atoms with van der Waals surface area (Å²) in [5.74, 6) is 2.53. The lowest BCUT2D eigenvalue weighted by Gasteiger charge is -2.35. The smallest absolute Gasteiger partial charge is 0.249 e. The number of rotatable bonds is 5. The van der Waals surface area contributed by atoms with Crippen molar-refractivity contribution in [3.05, 3.63) is 47.9 Å². The molecule has 28 heavy (non-hydrogen) atoms. The summed E-state index contributed by atoms with van der Waals surface area (Å²) < 4.78 is 5.35. The van der Waals surface area contributed by atoms with Crippen LogP contribution < -0.4 is 19.9 Å². The molecule has 1 aromatic carbocycles. The van der Waals surface area contributed by atoms with Gasteiger partial charge in [-0.2, -0.15) is 10.1 Å². The fourth-order valence-electron chi connectivity index (χ4n) is 2.99. The minimum absolute atomic E-state index is 0.381. The summed E-state index contributed by atoms with van der Waals surface area (Å²) in [6.07, 6.45) is 5.17. The maximum Gasteiger partial charge on any atom is 0.249 e. The number of aromatic nitrogens is 5. The molecule has 10 heteroatoms. The summed E-state index contributed by atoms with van der Waals surface area (Å²) >= 11 is 6.08. The molecule has 1 aliphatic rings. The number of methoxy groups -OCH3 is 1. The predicted molar refractivity (Wildman–Crippen MR) is 108 cm³/mol. The van der Waals surface area contributed by atoms with Crippen molar-refractivity contribution in [1.82, 2.24) is 25.1 Å². The number of anilines is 4. The van der Waals surface area contributed by atoms with E-state index in [-0.39, 0.29) is 0 Å². The van der Waals surface area contributed by atoms with Crippen molar-refractivity contribution in [2.75, 3.05) is 48.4 Å². The quantitative estimate of drug-likeness (QED) is 0.695. The third-order valence-electron chi connectivity index (χ3n) is 4.39. The Kier molecular flexibility index (Phi) is 5.34. The SMILES string of the molecule is COc1ccc(Cl)cc1Nc1nncc(N2CCN(c3ncccn3)CC2)n1. The van der Waals surface area contributed by atoms with Crippen LogP contribution in [0.5, 0.6) is 5.75 Å². The molecule has 9 nitrogen and oxygen atoms in total. The molecule has 144 valence electrons. The van der Waals surface area contributed by atoms with E-state index in [1.54, 1.807) is 43.9 Å². The molecule has 3 heterocycles. The average Bonchev–Trinajstić information content (AvgIpc) is 2.75. The van der Waals surface area contributed by atoms with Crippen molar-refractivity contribution in [1.29, 1.82) is 0 Å². The molecule has 0 spiro atoms. The van der Waals surface area contributed by atoms with Gasteiger partial charge >= 0.3 is 0 Å². The van der Waals surface area contributed by atoms with E-state index in [1.165, 1.54) is 0 Å². The van der Waals surface area contributed by atoms with Crippen LogP contribution in [0.2, 0.25) is 5.02 Å². The van der Waals surface area contributed by atoms with Gasteiger partial charge in [-0.15, -0.1) is 5.10 Å². The zero-order chi connectivity index (χ0) is 19.3. The van der Waals surface area contributed by atoms with Crippen molar-refractivity contribution >= 4 is 35.0 Å². The highest BCUT2D eigenvalue weighted by Crippen LogP contribution is 2.29. The minimum Gasteiger partial charge on any atom is -0.495 e.